The summed E-state index contributed by atoms with van der Waals surface area (Å²) in [7, 11) is 0. The van der Waals surface area contributed by atoms with Crippen molar-refractivity contribution in [2.75, 3.05) is 5.32 Å². The van der Waals surface area contributed by atoms with Crippen molar-refractivity contribution in [3.05, 3.63) is 74.5 Å². The van der Waals surface area contributed by atoms with Crippen LogP contribution in [0.25, 0.3) is 0 Å². The van der Waals surface area contributed by atoms with Crippen molar-refractivity contribution in [3.8, 4) is 0 Å². The predicted octanol–water partition coefficient (Wildman–Crippen LogP) is 6.44. The number of halogens is 1. The van der Waals surface area contributed by atoms with Crippen LogP contribution in [0, 0.1) is 11.3 Å². The van der Waals surface area contributed by atoms with Crippen molar-refractivity contribution >= 4 is 44.1 Å². The van der Waals surface area contributed by atoms with Crippen LogP contribution in [-0.2, 0) is 19.4 Å². The second-order valence-electron chi connectivity index (χ2n) is 9.21. The molecule has 0 spiro atoms. The molecule has 2 heterocycles. The fraction of sp³-hybridized carbons (Fsp3) is 0.360. The Hall–Kier alpha value is -2.38. The quantitative estimate of drug-likeness (QED) is 0.411. The molecule has 32 heavy (non-hydrogen) atoms. The van der Waals surface area contributed by atoms with Crippen LogP contribution >= 0.6 is 27.3 Å². The normalized spacial score (nSPS) is 15.8. The zero-order valence-corrected chi connectivity index (χ0v) is 20.9. The van der Waals surface area contributed by atoms with Crippen molar-refractivity contribution in [2.45, 2.75) is 46.6 Å². The summed E-state index contributed by atoms with van der Waals surface area (Å²) in [6.45, 7) is 7.10. The van der Waals surface area contributed by atoms with Crippen LogP contribution in [0.3, 0.4) is 0 Å². The molecule has 0 saturated heterocycles. The molecule has 1 aliphatic rings. The lowest BCUT2D eigenvalue weighted by atomic mass is 9.72. The first-order chi connectivity index (χ1) is 15.2. The Morgan fingerprint density at radius 3 is 2.62 bits per heavy atom. The van der Waals surface area contributed by atoms with Gasteiger partial charge in [0.1, 0.15) is 10.8 Å². The minimum Gasteiger partial charge on any atom is -0.467 e. The van der Waals surface area contributed by atoms with Gasteiger partial charge in [0, 0.05) is 9.35 Å². The average molecular weight is 515 g/mol. The standard InChI is InChI=1S/C25H27BrN2O3S/c1-25(2,3)15-10-11-18-20(13-15)32-24(28-22(29)17-8-4-5-9-19(17)26)21(18)23(30)27-14-16-7-6-12-31-16/h4-9,12,15H,10-11,13-14H2,1-3H3,(H,27,30)(H,28,29). The van der Waals surface area contributed by atoms with Crippen LogP contribution in [-0.4, -0.2) is 11.8 Å². The topological polar surface area (TPSA) is 71.3 Å². The molecule has 2 N–H and O–H groups in total. The van der Waals surface area contributed by atoms with Crippen LogP contribution in [0.5, 0.6) is 0 Å². The zero-order valence-electron chi connectivity index (χ0n) is 18.5. The molecule has 2 aromatic heterocycles. The van der Waals surface area contributed by atoms with E-state index in [2.05, 4.69) is 47.3 Å². The molecule has 7 heteroatoms. The molecule has 1 atom stereocenters. The Labute approximate surface area is 200 Å². The number of carbonyl (C=O) groups excluding carboxylic acids is 2. The lowest BCUT2D eigenvalue weighted by molar-refractivity contribution is 0.0947. The summed E-state index contributed by atoms with van der Waals surface area (Å²) in [4.78, 5) is 27.5. The number of hydrogen-bond donors (Lipinski definition) is 2. The molecule has 0 aliphatic heterocycles. The maximum Gasteiger partial charge on any atom is 0.257 e. The number of fused-ring (bicyclic) bond motifs is 1. The van der Waals surface area contributed by atoms with E-state index in [9.17, 15) is 9.59 Å². The van der Waals surface area contributed by atoms with Gasteiger partial charge in [0.25, 0.3) is 11.8 Å². The summed E-state index contributed by atoms with van der Waals surface area (Å²) in [6.07, 6.45) is 4.38. The van der Waals surface area contributed by atoms with Gasteiger partial charge in [-0.05, 0) is 76.4 Å². The third-order valence-electron chi connectivity index (χ3n) is 6.07. The fourth-order valence-corrected chi connectivity index (χ4v) is 5.92. The Kier molecular flexibility index (Phi) is 6.58. The van der Waals surface area contributed by atoms with Crippen molar-refractivity contribution in [1.29, 1.82) is 0 Å². The van der Waals surface area contributed by atoms with Crippen molar-refractivity contribution < 1.29 is 14.0 Å². The number of furan rings is 1. The number of thiophene rings is 1. The molecule has 3 aromatic rings. The van der Waals surface area contributed by atoms with Gasteiger partial charge in [0.15, 0.2) is 0 Å². The third-order valence-corrected chi connectivity index (χ3v) is 7.93. The minimum atomic E-state index is -0.233. The lowest BCUT2D eigenvalue weighted by Gasteiger charge is -2.33. The number of hydrogen-bond acceptors (Lipinski definition) is 4. The highest BCUT2D eigenvalue weighted by atomic mass is 79.9. The van der Waals surface area contributed by atoms with Crippen molar-refractivity contribution in [1.82, 2.24) is 5.32 Å². The van der Waals surface area contributed by atoms with Gasteiger partial charge in [-0.3, -0.25) is 9.59 Å². The Morgan fingerprint density at radius 1 is 1.16 bits per heavy atom. The Bertz CT molecular complexity index is 1130. The van der Waals surface area contributed by atoms with E-state index in [0.717, 1.165) is 29.3 Å². The molecule has 0 bridgehead atoms. The first-order valence-corrected chi connectivity index (χ1v) is 12.4. The summed E-state index contributed by atoms with van der Waals surface area (Å²) in [6, 6.07) is 10.9. The predicted molar refractivity (Wildman–Crippen MR) is 131 cm³/mol. The maximum absolute atomic E-state index is 13.3. The van der Waals surface area contributed by atoms with Gasteiger partial charge in [-0.25, -0.2) is 0 Å². The van der Waals surface area contributed by atoms with E-state index in [-0.39, 0.29) is 17.2 Å². The minimum absolute atomic E-state index is 0.185. The van der Waals surface area contributed by atoms with Crippen LogP contribution in [0.4, 0.5) is 5.00 Å². The largest absolute Gasteiger partial charge is 0.467 e. The molecule has 168 valence electrons. The summed E-state index contributed by atoms with van der Waals surface area (Å²) in [5.74, 6) is 0.813. The SMILES string of the molecule is CC(C)(C)C1CCc2c(sc(NC(=O)c3ccccc3Br)c2C(=O)NCc2ccco2)C1. The highest BCUT2D eigenvalue weighted by molar-refractivity contribution is 9.10. The molecule has 0 radical (unpaired) electrons. The fourth-order valence-electron chi connectivity index (χ4n) is 4.14. The molecule has 5 nitrogen and oxygen atoms in total. The molecule has 0 saturated carbocycles. The second-order valence-corrected chi connectivity index (χ2v) is 11.2. The first kappa shape index (κ1) is 22.8. The number of anilines is 1. The maximum atomic E-state index is 13.3. The number of rotatable bonds is 5. The molecular weight excluding hydrogens is 488 g/mol. The van der Waals surface area contributed by atoms with Gasteiger partial charge in [-0.2, -0.15) is 0 Å². The smallest absolute Gasteiger partial charge is 0.257 e. The van der Waals surface area contributed by atoms with Crippen LogP contribution in [0.2, 0.25) is 0 Å². The van der Waals surface area contributed by atoms with E-state index < -0.39 is 0 Å². The Balaban J connectivity index is 1.65. The van der Waals surface area contributed by atoms with E-state index in [1.165, 1.54) is 16.2 Å². The molecule has 1 aromatic carbocycles. The van der Waals surface area contributed by atoms with E-state index in [4.69, 9.17) is 4.42 Å². The summed E-state index contributed by atoms with van der Waals surface area (Å²) < 4.78 is 6.06. The van der Waals surface area contributed by atoms with Crippen molar-refractivity contribution in [2.24, 2.45) is 11.3 Å². The molecule has 2 amide bonds. The first-order valence-electron chi connectivity index (χ1n) is 10.7. The van der Waals surface area contributed by atoms with Gasteiger partial charge in [0.05, 0.1) is 23.9 Å². The average Bonchev–Trinajstić information content (AvgIpc) is 3.38. The summed E-state index contributed by atoms with van der Waals surface area (Å²) in [5.41, 5.74) is 2.38. The highest BCUT2D eigenvalue weighted by Crippen LogP contribution is 2.44. The summed E-state index contributed by atoms with van der Waals surface area (Å²) >= 11 is 4.97. The van der Waals surface area contributed by atoms with Crippen LogP contribution < -0.4 is 10.6 Å². The number of nitrogens with one attached hydrogen (secondary N) is 2. The monoisotopic (exact) mass is 514 g/mol. The van der Waals surface area contributed by atoms with E-state index in [0.29, 0.717) is 34.4 Å². The van der Waals surface area contributed by atoms with E-state index in [1.807, 2.05) is 24.3 Å². The number of benzene rings is 1. The van der Waals surface area contributed by atoms with Gasteiger partial charge in [-0.1, -0.05) is 32.9 Å². The van der Waals surface area contributed by atoms with Crippen LogP contribution in [0.1, 0.15) is 64.1 Å². The van der Waals surface area contributed by atoms with Gasteiger partial charge < -0.3 is 15.1 Å². The molecule has 4 rings (SSSR count). The van der Waals surface area contributed by atoms with Gasteiger partial charge in [0.2, 0.25) is 0 Å². The van der Waals surface area contributed by atoms with E-state index in [1.54, 1.807) is 18.4 Å². The molecular formula is C25H27BrN2O3S. The molecule has 1 unspecified atom stereocenters. The highest BCUT2D eigenvalue weighted by Gasteiger charge is 2.34. The van der Waals surface area contributed by atoms with E-state index >= 15 is 0 Å². The number of carbonyl (C=O) groups is 2. The molecule has 0 fully saturated rings. The summed E-state index contributed by atoms with van der Waals surface area (Å²) in [5, 5.41) is 6.59. The number of amides is 2. The van der Waals surface area contributed by atoms with Crippen molar-refractivity contribution in [3.63, 3.8) is 0 Å². The van der Waals surface area contributed by atoms with Crippen LogP contribution in [0.15, 0.2) is 51.6 Å². The van der Waals surface area contributed by atoms with Gasteiger partial charge >= 0.3 is 0 Å². The zero-order chi connectivity index (χ0) is 22.9. The Morgan fingerprint density at radius 2 is 1.94 bits per heavy atom. The third kappa shape index (κ3) is 4.84. The van der Waals surface area contributed by atoms with Gasteiger partial charge in [-0.15, -0.1) is 11.3 Å². The molecule has 1 aliphatic carbocycles. The second kappa shape index (κ2) is 9.24. The lowest BCUT2D eigenvalue weighted by Crippen LogP contribution is -2.28.